The minimum absolute atomic E-state index is 0.0334. The molecule has 0 aliphatic carbocycles. The molecule has 0 bridgehead atoms. The van der Waals surface area contributed by atoms with Crippen molar-refractivity contribution in [2.24, 2.45) is 0 Å². The molecule has 0 aromatic heterocycles. The normalized spacial score (nSPS) is 26.6. The van der Waals surface area contributed by atoms with E-state index in [-0.39, 0.29) is 19.8 Å². The molecule has 1 N–H and O–H groups in total. The molecule has 11 nitrogen and oxygen atoms in total. The zero-order chi connectivity index (χ0) is 22.0. The molecule has 1 heterocycles. The third-order valence-electron chi connectivity index (χ3n) is 3.58. The van der Waals surface area contributed by atoms with Gasteiger partial charge in [0, 0.05) is 27.7 Å². The Bertz CT molecular complexity index is 615. The van der Waals surface area contributed by atoms with Gasteiger partial charge in [-0.1, -0.05) is 12.2 Å². The molecule has 1 aliphatic rings. The minimum atomic E-state index is -1.28. The number of carbonyl (C=O) groups excluding carboxylic acids is 4. The Morgan fingerprint density at radius 1 is 0.828 bits per heavy atom. The Balaban J connectivity index is 3.22. The van der Waals surface area contributed by atoms with Gasteiger partial charge in [-0.2, -0.15) is 0 Å². The van der Waals surface area contributed by atoms with Gasteiger partial charge in [-0.05, 0) is 0 Å². The first-order chi connectivity index (χ1) is 13.6. The fourth-order valence-corrected chi connectivity index (χ4v) is 2.62. The lowest BCUT2D eigenvalue weighted by Gasteiger charge is -2.43. The van der Waals surface area contributed by atoms with E-state index >= 15 is 0 Å². The van der Waals surface area contributed by atoms with Crippen LogP contribution < -0.4 is 0 Å². The Morgan fingerprint density at radius 3 is 1.90 bits per heavy atom. The first-order valence-corrected chi connectivity index (χ1v) is 8.83. The van der Waals surface area contributed by atoms with Crippen molar-refractivity contribution in [3.8, 4) is 0 Å². The van der Waals surface area contributed by atoms with E-state index in [2.05, 4.69) is 0 Å². The highest BCUT2D eigenvalue weighted by Gasteiger charge is 2.52. The van der Waals surface area contributed by atoms with Crippen LogP contribution in [0.1, 0.15) is 27.7 Å². The van der Waals surface area contributed by atoms with Gasteiger partial charge in [0.25, 0.3) is 0 Å². The van der Waals surface area contributed by atoms with Gasteiger partial charge >= 0.3 is 23.9 Å². The predicted molar refractivity (Wildman–Crippen MR) is 94.1 cm³/mol. The van der Waals surface area contributed by atoms with E-state index in [4.69, 9.17) is 33.5 Å². The van der Waals surface area contributed by atoms with Gasteiger partial charge in [-0.15, -0.1) is 0 Å². The zero-order valence-electron chi connectivity index (χ0n) is 16.7. The van der Waals surface area contributed by atoms with Crippen LogP contribution in [0.3, 0.4) is 0 Å². The molecule has 1 saturated heterocycles. The second-order valence-electron chi connectivity index (χ2n) is 6.05. The maximum absolute atomic E-state index is 11.6. The average molecular weight is 418 g/mol. The van der Waals surface area contributed by atoms with Gasteiger partial charge in [0.15, 0.2) is 24.6 Å². The molecule has 0 spiro atoms. The molecule has 29 heavy (non-hydrogen) atoms. The van der Waals surface area contributed by atoms with Crippen LogP contribution in [0.5, 0.6) is 0 Å². The van der Waals surface area contributed by atoms with Crippen molar-refractivity contribution < 1.29 is 52.7 Å². The van der Waals surface area contributed by atoms with Crippen molar-refractivity contribution in [3.63, 3.8) is 0 Å². The molecule has 0 radical (unpaired) electrons. The Hall–Kier alpha value is -2.50. The summed E-state index contributed by atoms with van der Waals surface area (Å²) in [4.78, 5) is 46.0. The molecule has 5 atom stereocenters. The summed E-state index contributed by atoms with van der Waals surface area (Å²) in [5, 5.41) is 8.80. The fourth-order valence-electron chi connectivity index (χ4n) is 2.62. The van der Waals surface area contributed by atoms with Crippen LogP contribution in [-0.4, -0.2) is 79.5 Å². The lowest BCUT2D eigenvalue weighted by molar-refractivity contribution is -0.306. The second kappa shape index (κ2) is 12.1. The molecule has 1 fully saturated rings. The van der Waals surface area contributed by atoms with E-state index in [0.29, 0.717) is 0 Å². The van der Waals surface area contributed by atoms with Crippen LogP contribution >= 0.6 is 0 Å². The van der Waals surface area contributed by atoms with Crippen LogP contribution in [0.2, 0.25) is 0 Å². The average Bonchev–Trinajstić information content (AvgIpc) is 2.60. The molecule has 0 aromatic rings. The van der Waals surface area contributed by atoms with Crippen LogP contribution in [0.25, 0.3) is 0 Å². The smallest absolute Gasteiger partial charge is 0.303 e. The minimum Gasteiger partial charge on any atom is -0.463 e. The van der Waals surface area contributed by atoms with Crippen LogP contribution in [0.15, 0.2) is 12.2 Å². The van der Waals surface area contributed by atoms with Gasteiger partial charge in [-0.25, -0.2) is 0 Å². The highest BCUT2D eigenvalue weighted by atomic mass is 16.7. The lowest BCUT2D eigenvalue weighted by atomic mass is 9.98. The summed E-state index contributed by atoms with van der Waals surface area (Å²) in [6.07, 6.45) is -3.16. The van der Waals surface area contributed by atoms with E-state index in [1.54, 1.807) is 0 Å². The molecule has 0 amide bonds. The summed E-state index contributed by atoms with van der Waals surface area (Å²) in [7, 11) is 0. The summed E-state index contributed by atoms with van der Waals surface area (Å²) in [6, 6.07) is 0. The number of aliphatic hydroxyl groups excluding tert-OH is 1. The number of ether oxygens (including phenoxy) is 6. The maximum Gasteiger partial charge on any atom is 0.303 e. The molecule has 164 valence electrons. The Kier molecular flexibility index (Phi) is 10.3. The Morgan fingerprint density at radius 2 is 1.38 bits per heavy atom. The second-order valence-corrected chi connectivity index (χ2v) is 6.05. The van der Waals surface area contributed by atoms with Gasteiger partial charge in [0.2, 0.25) is 0 Å². The van der Waals surface area contributed by atoms with E-state index in [0.717, 1.165) is 20.8 Å². The summed E-state index contributed by atoms with van der Waals surface area (Å²) in [5.41, 5.74) is 0. The van der Waals surface area contributed by atoms with E-state index < -0.39 is 54.6 Å². The van der Waals surface area contributed by atoms with E-state index in [1.807, 2.05) is 0 Å². The van der Waals surface area contributed by atoms with E-state index in [1.165, 1.54) is 19.1 Å². The highest BCUT2D eigenvalue weighted by molar-refractivity contribution is 5.68. The predicted octanol–water partition coefficient (Wildman–Crippen LogP) is -0.365. The van der Waals surface area contributed by atoms with Gasteiger partial charge < -0.3 is 33.5 Å². The van der Waals surface area contributed by atoms with Gasteiger partial charge in [0.1, 0.15) is 12.7 Å². The number of aliphatic hydroxyl groups is 1. The Labute approximate surface area is 167 Å². The lowest BCUT2D eigenvalue weighted by Crippen LogP contribution is -2.62. The SMILES string of the molecule is CC(=O)OC[C@H]1O[C@@H](OC/C=C/CO)[C@H](OC(C)=O)[C@@H](OC(C)=O)[C@@H]1OC(C)=O. The van der Waals surface area contributed by atoms with Crippen LogP contribution in [-0.2, 0) is 47.6 Å². The third-order valence-corrected chi connectivity index (χ3v) is 3.58. The fraction of sp³-hybridized carbons (Fsp3) is 0.667. The van der Waals surface area contributed by atoms with Gasteiger partial charge in [-0.3, -0.25) is 19.2 Å². The molecule has 0 saturated carbocycles. The number of rotatable bonds is 9. The maximum atomic E-state index is 11.6. The molecular weight excluding hydrogens is 392 g/mol. The number of esters is 4. The third kappa shape index (κ3) is 8.59. The molecule has 0 aromatic carbocycles. The quantitative estimate of drug-likeness (QED) is 0.297. The summed E-state index contributed by atoms with van der Waals surface area (Å²) >= 11 is 0. The number of hydrogen-bond donors (Lipinski definition) is 1. The van der Waals surface area contributed by atoms with Crippen molar-refractivity contribution in [3.05, 3.63) is 12.2 Å². The van der Waals surface area contributed by atoms with Crippen molar-refractivity contribution in [2.75, 3.05) is 19.8 Å². The first kappa shape index (κ1) is 24.5. The molecule has 1 rings (SSSR count). The van der Waals surface area contributed by atoms with Crippen molar-refractivity contribution in [1.29, 1.82) is 0 Å². The van der Waals surface area contributed by atoms with Crippen LogP contribution in [0, 0.1) is 0 Å². The highest BCUT2D eigenvalue weighted by Crippen LogP contribution is 2.29. The monoisotopic (exact) mass is 418 g/mol. The molecule has 11 heteroatoms. The number of carbonyl (C=O) groups is 4. The largest absolute Gasteiger partial charge is 0.463 e. The molecule has 0 unspecified atom stereocenters. The number of hydrogen-bond acceptors (Lipinski definition) is 11. The van der Waals surface area contributed by atoms with Crippen molar-refractivity contribution in [1.82, 2.24) is 0 Å². The zero-order valence-corrected chi connectivity index (χ0v) is 16.7. The standard InChI is InChI=1S/C18H26O11/c1-10(20)25-9-14-15(26-11(2)21)16(27-12(3)22)17(28-13(4)23)18(29-14)24-8-6-5-7-19/h5-6,14-19H,7-9H2,1-4H3/b6-5+/t14-,15-,16+,17-,18-/m1/s1. The topological polar surface area (TPSA) is 144 Å². The van der Waals surface area contributed by atoms with Crippen LogP contribution in [0.4, 0.5) is 0 Å². The molecule has 1 aliphatic heterocycles. The van der Waals surface area contributed by atoms with Crippen molar-refractivity contribution in [2.45, 2.75) is 58.4 Å². The first-order valence-electron chi connectivity index (χ1n) is 8.83. The van der Waals surface area contributed by atoms with Gasteiger partial charge in [0.05, 0.1) is 13.2 Å². The van der Waals surface area contributed by atoms with E-state index in [9.17, 15) is 19.2 Å². The van der Waals surface area contributed by atoms with Crippen molar-refractivity contribution >= 4 is 23.9 Å². The summed E-state index contributed by atoms with van der Waals surface area (Å²) in [6.45, 7) is 4.02. The summed E-state index contributed by atoms with van der Waals surface area (Å²) in [5.74, 6) is -2.76. The summed E-state index contributed by atoms with van der Waals surface area (Å²) < 4.78 is 31.9. The molecular formula is C18H26O11.